The lowest BCUT2D eigenvalue weighted by Crippen LogP contribution is -2.37. The summed E-state index contributed by atoms with van der Waals surface area (Å²) < 4.78 is 5.55. The molecule has 112 valence electrons. The van der Waals surface area contributed by atoms with Crippen molar-refractivity contribution < 1.29 is 14.0 Å². The number of aromatic amines is 1. The van der Waals surface area contributed by atoms with Gasteiger partial charge < -0.3 is 14.6 Å². The average molecular weight is 356 g/mol. The number of H-pyrrole nitrogens is 1. The first-order valence-corrected chi connectivity index (χ1v) is 6.90. The summed E-state index contributed by atoms with van der Waals surface area (Å²) in [6.45, 7) is 1.92. The van der Waals surface area contributed by atoms with Gasteiger partial charge in [0, 0.05) is 7.05 Å². The Bertz CT molecular complexity index is 651. The van der Waals surface area contributed by atoms with Crippen molar-refractivity contribution in [3.8, 4) is 0 Å². The first-order chi connectivity index (χ1) is 9.95. The smallest absolute Gasteiger partial charge is 0.287 e. The van der Waals surface area contributed by atoms with E-state index in [0.717, 1.165) is 0 Å². The van der Waals surface area contributed by atoms with Gasteiger partial charge in [-0.15, -0.1) is 0 Å². The quantitative estimate of drug-likeness (QED) is 0.827. The summed E-state index contributed by atoms with van der Waals surface area (Å²) in [5.74, 6) is 0.640. The molecule has 0 fully saturated rings. The van der Waals surface area contributed by atoms with Crippen molar-refractivity contribution in [1.29, 1.82) is 0 Å². The largest absolute Gasteiger partial charge is 0.444 e. The van der Waals surface area contributed by atoms with Crippen molar-refractivity contribution in [2.45, 2.75) is 13.5 Å². The average Bonchev–Trinajstić information content (AvgIpc) is 3.04. The summed E-state index contributed by atoms with van der Waals surface area (Å²) in [7, 11) is 1.61. The van der Waals surface area contributed by atoms with E-state index in [4.69, 9.17) is 4.42 Å². The number of nitrogens with zero attached hydrogens (tertiary/aromatic N) is 3. The minimum absolute atomic E-state index is 0.128. The van der Waals surface area contributed by atoms with Gasteiger partial charge in [-0.2, -0.15) is 5.10 Å². The van der Waals surface area contributed by atoms with E-state index in [1.165, 1.54) is 11.0 Å². The Balaban J connectivity index is 1.82. The highest BCUT2D eigenvalue weighted by Crippen LogP contribution is 2.13. The lowest BCUT2D eigenvalue weighted by atomic mass is 10.4. The number of aryl methyl sites for hydroxylation is 1. The molecule has 0 aliphatic carbocycles. The zero-order valence-electron chi connectivity index (χ0n) is 11.5. The van der Waals surface area contributed by atoms with Crippen LogP contribution in [0.15, 0.2) is 21.2 Å². The number of carbonyl (C=O) groups is 2. The monoisotopic (exact) mass is 355 g/mol. The lowest BCUT2D eigenvalue weighted by Gasteiger charge is -2.15. The zero-order valence-corrected chi connectivity index (χ0v) is 13.1. The lowest BCUT2D eigenvalue weighted by molar-refractivity contribution is -0.129. The van der Waals surface area contributed by atoms with E-state index < -0.39 is 5.91 Å². The maximum Gasteiger partial charge on any atom is 0.287 e. The predicted molar refractivity (Wildman–Crippen MR) is 76.3 cm³/mol. The Morgan fingerprint density at radius 3 is 2.81 bits per heavy atom. The van der Waals surface area contributed by atoms with Gasteiger partial charge in [-0.05, 0) is 35.0 Å². The highest BCUT2D eigenvalue weighted by molar-refractivity contribution is 9.10. The molecule has 0 aliphatic heterocycles. The molecule has 2 rings (SSSR count). The molecule has 0 saturated heterocycles. The number of carbonyl (C=O) groups excluding carboxylic acids is 2. The van der Waals surface area contributed by atoms with E-state index in [0.29, 0.717) is 16.3 Å². The van der Waals surface area contributed by atoms with Crippen LogP contribution in [0, 0.1) is 6.92 Å². The number of furan rings is 1. The molecular weight excluding hydrogens is 342 g/mol. The second-order valence-corrected chi connectivity index (χ2v) is 5.15. The fraction of sp³-hybridized carbons (Fsp3) is 0.333. The van der Waals surface area contributed by atoms with Gasteiger partial charge in [0.2, 0.25) is 5.91 Å². The minimum atomic E-state index is -0.448. The van der Waals surface area contributed by atoms with E-state index in [1.807, 2.05) is 0 Å². The molecule has 8 nitrogen and oxygen atoms in total. The molecule has 0 spiro atoms. The van der Waals surface area contributed by atoms with Crippen molar-refractivity contribution in [1.82, 2.24) is 25.4 Å². The maximum absolute atomic E-state index is 11.9. The first-order valence-electron chi connectivity index (χ1n) is 6.11. The Kier molecular flexibility index (Phi) is 4.73. The molecule has 2 aromatic heterocycles. The van der Waals surface area contributed by atoms with Crippen LogP contribution in [-0.2, 0) is 11.3 Å². The van der Waals surface area contributed by atoms with Gasteiger partial charge in [0.25, 0.3) is 5.91 Å². The second kappa shape index (κ2) is 6.53. The number of rotatable bonds is 5. The SMILES string of the molecule is Cc1nc(CN(C)C(=O)CNC(=O)c2ccc(Br)o2)n[nH]1. The Labute approximate surface area is 129 Å². The number of nitrogens with one attached hydrogen (secondary N) is 2. The van der Waals surface area contributed by atoms with Crippen LogP contribution in [0.2, 0.25) is 0 Å². The predicted octanol–water partition coefficient (Wildman–Crippen LogP) is 0.857. The van der Waals surface area contributed by atoms with Crippen molar-refractivity contribution in [3.63, 3.8) is 0 Å². The molecule has 2 amide bonds. The van der Waals surface area contributed by atoms with Gasteiger partial charge in [-0.3, -0.25) is 14.7 Å². The van der Waals surface area contributed by atoms with Gasteiger partial charge in [0.1, 0.15) is 5.82 Å². The molecule has 0 saturated carbocycles. The molecule has 0 bridgehead atoms. The molecule has 0 unspecified atom stereocenters. The Morgan fingerprint density at radius 2 is 2.24 bits per heavy atom. The van der Waals surface area contributed by atoms with Gasteiger partial charge >= 0.3 is 0 Å². The number of likely N-dealkylation sites (N-methyl/N-ethyl adjacent to an activating group) is 1. The standard InChI is InChI=1S/C12H14BrN5O3/c1-7-15-10(17-16-7)6-18(2)11(19)5-14-12(20)8-3-4-9(13)21-8/h3-4H,5-6H2,1-2H3,(H,14,20)(H,15,16,17). The first kappa shape index (κ1) is 15.2. The Hall–Kier alpha value is -2.16. The van der Waals surface area contributed by atoms with Gasteiger partial charge in [0.15, 0.2) is 16.3 Å². The third kappa shape index (κ3) is 4.15. The fourth-order valence-corrected chi connectivity index (χ4v) is 1.88. The summed E-state index contributed by atoms with van der Waals surface area (Å²) in [5, 5.41) is 9.14. The van der Waals surface area contributed by atoms with Crippen molar-refractivity contribution in [2.24, 2.45) is 0 Å². The summed E-state index contributed by atoms with van der Waals surface area (Å²) in [6.07, 6.45) is 0. The molecule has 9 heteroatoms. The third-order valence-corrected chi connectivity index (χ3v) is 3.07. The van der Waals surface area contributed by atoms with E-state index in [1.54, 1.807) is 20.0 Å². The molecular formula is C12H14BrN5O3. The zero-order chi connectivity index (χ0) is 15.4. The number of hydrogen-bond acceptors (Lipinski definition) is 5. The summed E-state index contributed by atoms with van der Waals surface area (Å²) in [5.41, 5.74) is 0. The molecule has 0 aromatic carbocycles. The highest BCUT2D eigenvalue weighted by Gasteiger charge is 2.15. The molecule has 0 aliphatic rings. The van der Waals surface area contributed by atoms with Crippen LogP contribution in [0.5, 0.6) is 0 Å². The van der Waals surface area contributed by atoms with Crippen molar-refractivity contribution in [2.75, 3.05) is 13.6 Å². The van der Waals surface area contributed by atoms with Crippen LogP contribution in [0.4, 0.5) is 0 Å². The number of halogens is 1. The van der Waals surface area contributed by atoms with E-state index >= 15 is 0 Å². The van der Waals surface area contributed by atoms with Crippen molar-refractivity contribution >= 4 is 27.7 Å². The highest BCUT2D eigenvalue weighted by atomic mass is 79.9. The van der Waals surface area contributed by atoms with Gasteiger partial charge in [0.05, 0.1) is 13.1 Å². The second-order valence-electron chi connectivity index (χ2n) is 4.37. The summed E-state index contributed by atoms with van der Waals surface area (Å²) >= 11 is 3.10. The van der Waals surface area contributed by atoms with Crippen LogP contribution < -0.4 is 5.32 Å². The van der Waals surface area contributed by atoms with E-state index in [9.17, 15) is 9.59 Å². The van der Waals surface area contributed by atoms with E-state index in [-0.39, 0.29) is 24.8 Å². The Morgan fingerprint density at radius 1 is 1.48 bits per heavy atom. The van der Waals surface area contributed by atoms with Crippen LogP contribution in [0.1, 0.15) is 22.2 Å². The molecule has 21 heavy (non-hydrogen) atoms. The van der Waals surface area contributed by atoms with Gasteiger partial charge in [-0.1, -0.05) is 0 Å². The molecule has 2 heterocycles. The molecule has 0 radical (unpaired) electrons. The van der Waals surface area contributed by atoms with Crippen LogP contribution in [-0.4, -0.2) is 45.5 Å². The van der Waals surface area contributed by atoms with Gasteiger partial charge in [-0.25, -0.2) is 4.98 Å². The topological polar surface area (TPSA) is 104 Å². The summed E-state index contributed by atoms with van der Waals surface area (Å²) in [6, 6.07) is 3.12. The third-order valence-electron chi connectivity index (χ3n) is 2.65. The van der Waals surface area contributed by atoms with Crippen molar-refractivity contribution in [3.05, 3.63) is 34.2 Å². The molecule has 2 N–H and O–H groups in total. The van der Waals surface area contributed by atoms with Crippen LogP contribution >= 0.6 is 15.9 Å². The summed E-state index contributed by atoms with van der Waals surface area (Å²) in [4.78, 5) is 29.2. The minimum Gasteiger partial charge on any atom is -0.444 e. The molecule has 0 atom stereocenters. The number of amides is 2. The number of aromatic nitrogens is 3. The number of hydrogen-bond donors (Lipinski definition) is 2. The molecule has 2 aromatic rings. The maximum atomic E-state index is 11.9. The van der Waals surface area contributed by atoms with E-state index in [2.05, 4.69) is 36.4 Å². The van der Waals surface area contributed by atoms with Crippen LogP contribution in [0.25, 0.3) is 0 Å². The fourth-order valence-electron chi connectivity index (χ4n) is 1.57. The van der Waals surface area contributed by atoms with Crippen LogP contribution in [0.3, 0.4) is 0 Å². The normalized spacial score (nSPS) is 10.4.